The Kier molecular flexibility index (Phi) is 9.55. The summed E-state index contributed by atoms with van der Waals surface area (Å²) < 4.78 is 0. The van der Waals surface area contributed by atoms with Gasteiger partial charge in [0.2, 0.25) is 0 Å². The van der Waals surface area contributed by atoms with Crippen LogP contribution in [0.4, 0.5) is 5.69 Å². The van der Waals surface area contributed by atoms with E-state index in [9.17, 15) is 9.59 Å². The van der Waals surface area contributed by atoms with Crippen molar-refractivity contribution in [2.75, 3.05) is 4.90 Å². The van der Waals surface area contributed by atoms with Gasteiger partial charge in [0.1, 0.15) is 5.69 Å². The Balaban J connectivity index is 1.43. The fourth-order valence-electron chi connectivity index (χ4n) is 8.53. The number of nitrogens with zero attached hydrogens (tertiary/aromatic N) is 4. The summed E-state index contributed by atoms with van der Waals surface area (Å²) in [7, 11) is 0. The second-order valence-corrected chi connectivity index (χ2v) is 21.3. The van der Waals surface area contributed by atoms with Crippen molar-refractivity contribution >= 4 is 63.9 Å². The van der Waals surface area contributed by atoms with E-state index in [1.165, 1.54) is 33.4 Å². The minimum Gasteiger partial charge on any atom is -0.355 e. The van der Waals surface area contributed by atoms with Crippen molar-refractivity contribution in [2.24, 2.45) is 0 Å². The van der Waals surface area contributed by atoms with Crippen LogP contribution in [0, 0.1) is 0 Å². The molecule has 3 aliphatic heterocycles. The van der Waals surface area contributed by atoms with E-state index in [0.29, 0.717) is 28.2 Å². The van der Waals surface area contributed by atoms with Crippen LogP contribution in [0.25, 0.3) is 68.6 Å². The second-order valence-electron chi connectivity index (χ2n) is 21.3. The van der Waals surface area contributed by atoms with Gasteiger partial charge in [-0.05, 0) is 116 Å². The van der Waals surface area contributed by atoms with Crippen LogP contribution in [-0.2, 0) is 21.7 Å². The molecule has 0 saturated carbocycles. The SMILES string of the molecule is CC(C)(C)c1cc(-c2c3nc(c(N4C(=O)c5ccncc5C4=O)c4ccc([nH]4)c(-c4cc(C(C)(C)C)cc(C(C)(C)C)c4)c4nc(cc5ccc2[nH]5)C=C4)C=C3)cc(C(C)(C)C)c1. The van der Waals surface area contributed by atoms with E-state index < -0.39 is 11.8 Å². The Morgan fingerprint density at radius 2 is 0.952 bits per heavy atom. The van der Waals surface area contributed by atoms with Crippen LogP contribution in [0.2, 0.25) is 0 Å². The quantitative estimate of drug-likeness (QED) is 0.172. The van der Waals surface area contributed by atoms with Gasteiger partial charge < -0.3 is 9.97 Å². The zero-order chi connectivity index (χ0) is 45.0. The molecule has 0 unspecified atom stereocenters. The molecular weight excluding hydrogens is 777 g/mol. The van der Waals surface area contributed by atoms with Crippen LogP contribution < -0.4 is 4.90 Å². The number of H-pyrrole nitrogens is 2. The molecule has 0 saturated heterocycles. The fourth-order valence-corrected chi connectivity index (χ4v) is 8.53. The average molecular weight is 833 g/mol. The predicted octanol–water partition coefficient (Wildman–Crippen LogP) is 13.4. The van der Waals surface area contributed by atoms with Crippen LogP contribution in [0.3, 0.4) is 0 Å². The summed E-state index contributed by atoms with van der Waals surface area (Å²) >= 11 is 0. The summed E-state index contributed by atoms with van der Waals surface area (Å²) in [4.78, 5) is 52.4. The number of carbonyl (C=O) groups is 2. The molecule has 8 heteroatoms. The van der Waals surface area contributed by atoms with Gasteiger partial charge in [-0.1, -0.05) is 119 Å². The Morgan fingerprint density at radius 1 is 0.476 bits per heavy atom. The molecule has 8 bridgehead atoms. The van der Waals surface area contributed by atoms with E-state index in [0.717, 1.165) is 50.2 Å². The summed E-state index contributed by atoms with van der Waals surface area (Å²) in [6.45, 7) is 26.8. The van der Waals surface area contributed by atoms with Gasteiger partial charge in [-0.25, -0.2) is 14.9 Å². The molecule has 9 rings (SSSR count). The van der Waals surface area contributed by atoms with Crippen LogP contribution in [0.1, 0.15) is 149 Å². The lowest BCUT2D eigenvalue weighted by Crippen LogP contribution is -2.30. The molecule has 0 spiro atoms. The molecule has 0 aliphatic carbocycles. The number of imide groups is 1. The number of benzene rings is 2. The number of rotatable bonds is 3. The van der Waals surface area contributed by atoms with Gasteiger partial charge in [0.05, 0.1) is 39.4 Å². The zero-order valence-corrected chi connectivity index (χ0v) is 38.5. The first-order valence-electron chi connectivity index (χ1n) is 21.8. The minimum atomic E-state index is -0.450. The number of amides is 2. The van der Waals surface area contributed by atoms with Crippen LogP contribution >= 0.6 is 0 Å². The van der Waals surface area contributed by atoms with Gasteiger partial charge in [0.15, 0.2) is 0 Å². The number of fused-ring (bicyclic) bond motifs is 9. The number of anilines is 1. The van der Waals surface area contributed by atoms with Crippen LogP contribution in [0.5, 0.6) is 0 Å². The van der Waals surface area contributed by atoms with Crippen molar-refractivity contribution < 1.29 is 9.59 Å². The van der Waals surface area contributed by atoms with Crippen molar-refractivity contribution in [1.29, 1.82) is 0 Å². The van der Waals surface area contributed by atoms with Gasteiger partial charge in [-0.3, -0.25) is 14.6 Å². The summed E-state index contributed by atoms with van der Waals surface area (Å²) in [6, 6.07) is 25.5. The molecule has 4 aromatic heterocycles. The molecule has 8 nitrogen and oxygen atoms in total. The molecule has 6 aromatic rings. The van der Waals surface area contributed by atoms with Gasteiger partial charge >= 0.3 is 0 Å². The zero-order valence-electron chi connectivity index (χ0n) is 38.5. The van der Waals surface area contributed by atoms with Crippen molar-refractivity contribution in [3.8, 4) is 22.3 Å². The predicted molar refractivity (Wildman–Crippen MR) is 260 cm³/mol. The number of pyridine rings is 1. The third kappa shape index (κ3) is 7.55. The molecule has 0 atom stereocenters. The topological polar surface area (TPSA) is 108 Å². The third-order valence-electron chi connectivity index (χ3n) is 12.4. The molecule has 63 heavy (non-hydrogen) atoms. The fraction of sp³-hybridized carbons (Fsp3) is 0.291. The number of hydrogen-bond donors (Lipinski definition) is 2. The lowest BCUT2D eigenvalue weighted by molar-refractivity contribution is 0.0926. The first kappa shape index (κ1) is 41.7. The van der Waals surface area contributed by atoms with E-state index in [1.54, 1.807) is 12.3 Å². The Morgan fingerprint density at radius 3 is 1.51 bits per heavy atom. The lowest BCUT2D eigenvalue weighted by atomic mass is 9.78. The number of nitrogens with one attached hydrogen (secondary N) is 2. The largest absolute Gasteiger partial charge is 0.355 e. The number of hydrogen-bond acceptors (Lipinski definition) is 5. The lowest BCUT2D eigenvalue weighted by Gasteiger charge is -2.26. The molecule has 3 aliphatic rings. The van der Waals surface area contributed by atoms with Crippen LogP contribution in [-0.4, -0.2) is 36.7 Å². The molecular formula is C55H56N6O2. The minimum absolute atomic E-state index is 0.125. The molecule has 2 amide bonds. The van der Waals surface area contributed by atoms with Crippen molar-refractivity contribution in [3.63, 3.8) is 0 Å². The van der Waals surface area contributed by atoms with Crippen molar-refractivity contribution in [3.05, 3.63) is 141 Å². The van der Waals surface area contributed by atoms with Gasteiger partial charge in [0.25, 0.3) is 11.8 Å². The second kappa shape index (κ2) is 14.4. The smallest absolute Gasteiger partial charge is 0.267 e. The molecule has 0 fully saturated rings. The van der Waals surface area contributed by atoms with Gasteiger partial charge in [0, 0.05) is 40.1 Å². The normalized spacial score (nSPS) is 14.3. The first-order valence-corrected chi connectivity index (χ1v) is 21.8. The molecule has 2 aromatic carbocycles. The number of carbonyl (C=O) groups excluding carboxylic acids is 2. The maximum Gasteiger partial charge on any atom is 0.267 e. The van der Waals surface area contributed by atoms with E-state index in [1.807, 2.05) is 24.3 Å². The summed E-state index contributed by atoms with van der Waals surface area (Å²) in [5, 5.41) is 0. The summed E-state index contributed by atoms with van der Waals surface area (Å²) in [5.74, 6) is -0.878. The highest BCUT2D eigenvalue weighted by Gasteiger charge is 2.39. The van der Waals surface area contributed by atoms with Crippen molar-refractivity contribution in [2.45, 2.75) is 105 Å². The number of aromatic nitrogens is 5. The monoisotopic (exact) mass is 832 g/mol. The highest BCUT2D eigenvalue weighted by atomic mass is 16.2. The first-order chi connectivity index (χ1) is 29.5. The van der Waals surface area contributed by atoms with Gasteiger partial charge in [-0.2, -0.15) is 0 Å². The van der Waals surface area contributed by atoms with E-state index in [4.69, 9.17) is 9.97 Å². The van der Waals surface area contributed by atoms with Crippen LogP contribution in [0.15, 0.2) is 85.2 Å². The van der Waals surface area contributed by atoms with Crippen molar-refractivity contribution in [1.82, 2.24) is 24.9 Å². The maximum absolute atomic E-state index is 14.4. The standard InChI is InChI=1S/C55H56N6O2/c1-52(2,3)33-23-31(24-34(27-33)53(4,5)6)47-41-15-13-37(57-41)29-38-14-16-42(58-38)48(32-25-35(54(7,8)9)28-36(26-32)55(10,11)12)44-18-20-46(60-44)49(45-19-17-43(47)59-45)61-50(62)39-21-22-56-30-40(39)51(61)63/h13-30,57,60H,1-12H3. The van der Waals surface area contributed by atoms with E-state index >= 15 is 0 Å². The Labute approximate surface area is 370 Å². The number of aromatic amines is 2. The Bertz CT molecular complexity index is 2970. The molecule has 318 valence electrons. The maximum atomic E-state index is 14.4. The highest BCUT2D eigenvalue weighted by molar-refractivity contribution is 6.35. The van der Waals surface area contributed by atoms with Gasteiger partial charge in [-0.15, -0.1) is 0 Å². The summed E-state index contributed by atoms with van der Waals surface area (Å²) in [5.41, 5.74) is 15.0. The van der Waals surface area contributed by atoms with E-state index in [2.05, 4.69) is 165 Å². The van der Waals surface area contributed by atoms with E-state index in [-0.39, 0.29) is 27.2 Å². The Hall–Kier alpha value is -6.67. The third-order valence-corrected chi connectivity index (χ3v) is 12.4. The summed E-state index contributed by atoms with van der Waals surface area (Å²) in [6.07, 6.45) is 11.0. The molecule has 2 N–H and O–H groups in total. The molecule has 7 heterocycles. The average Bonchev–Trinajstić information content (AvgIpc) is 4.07. The highest BCUT2D eigenvalue weighted by Crippen LogP contribution is 2.42. The molecule has 0 radical (unpaired) electrons.